The monoisotopic (exact) mass is 421 g/mol. The van der Waals surface area contributed by atoms with Gasteiger partial charge in [-0.25, -0.2) is 0 Å². The smallest absolute Gasteiger partial charge is 0.165 e. The van der Waals surface area contributed by atoms with E-state index in [-0.39, 0.29) is 5.41 Å². The number of nitrogens with zero attached hydrogens (tertiary/aromatic N) is 1. The number of fused-ring (bicyclic) bond motifs is 1. The van der Waals surface area contributed by atoms with Gasteiger partial charge in [-0.15, -0.1) is 0 Å². The number of likely N-dealkylation sites (tertiary alicyclic amines) is 1. The number of hydrogen-bond donors (Lipinski definition) is 0. The van der Waals surface area contributed by atoms with Gasteiger partial charge in [0.15, 0.2) is 11.5 Å². The van der Waals surface area contributed by atoms with Crippen LogP contribution in [0, 0.1) is 5.92 Å². The van der Waals surface area contributed by atoms with Crippen LogP contribution in [0.15, 0.2) is 36.4 Å². The molecule has 2 aromatic carbocycles. The van der Waals surface area contributed by atoms with Crippen molar-refractivity contribution in [1.29, 1.82) is 0 Å². The maximum absolute atomic E-state index is 12.7. The number of carbonyl (C=O) groups excluding carboxylic acids is 1. The third-order valence-corrected chi connectivity index (χ3v) is 7.78. The molecule has 2 aromatic rings. The Morgan fingerprint density at radius 3 is 2.68 bits per heavy atom. The molecule has 0 aromatic heterocycles. The first-order chi connectivity index (χ1) is 15.1. The van der Waals surface area contributed by atoms with Gasteiger partial charge in [0.1, 0.15) is 18.1 Å². The van der Waals surface area contributed by atoms with Gasteiger partial charge in [0.25, 0.3) is 0 Å². The lowest BCUT2D eigenvalue weighted by Gasteiger charge is -2.58. The molecule has 0 unspecified atom stereocenters. The largest absolute Gasteiger partial charge is 0.493 e. The van der Waals surface area contributed by atoms with Gasteiger partial charge in [-0.3, -0.25) is 4.79 Å². The number of carbonyl (C=O) groups is 1. The Hall–Kier alpha value is -2.53. The number of likely N-dealkylation sites (N-methyl/N-ethyl adjacent to an activating group) is 1. The minimum Gasteiger partial charge on any atom is -0.493 e. The van der Waals surface area contributed by atoms with Crippen molar-refractivity contribution in [2.45, 2.75) is 50.2 Å². The summed E-state index contributed by atoms with van der Waals surface area (Å²) in [5, 5.41) is 0. The van der Waals surface area contributed by atoms with E-state index in [4.69, 9.17) is 14.2 Å². The highest BCUT2D eigenvalue weighted by Gasteiger charge is 2.57. The van der Waals surface area contributed by atoms with Crippen molar-refractivity contribution >= 4 is 5.78 Å². The molecule has 1 saturated heterocycles. The predicted molar refractivity (Wildman–Crippen MR) is 119 cm³/mol. The highest BCUT2D eigenvalue weighted by atomic mass is 16.5. The Morgan fingerprint density at radius 1 is 1.13 bits per heavy atom. The summed E-state index contributed by atoms with van der Waals surface area (Å²) in [6.07, 6.45) is 4.11. The molecule has 1 saturated carbocycles. The molecule has 5 heteroatoms. The zero-order chi connectivity index (χ0) is 21.6. The molecular weight excluding hydrogens is 390 g/mol. The first-order valence-electron chi connectivity index (χ1n) is 11.2. The van der Waals surface area contributed by atoms with Crippen molar-refractivity contribution in [2.75, 3.05) is 27.8 Å². The van der Waals surface area contributed by atoms with E-state index in [9.17, 15) is 4.79 Å². The first-order valence-corrected chi connectivity index (χ1v) is 11.2. The highest BCUT2D eigenvalue weighted by Crippen LogP contribution is 2.60. The van der Waals surface area contributed by atoms with Crippen molar-refractivity contribution in [3.63, 3.8) is 0 Å². The van der Waals surface area contributed by atoms with E-state index >= 15 is 0 Å². The number of benzene rings is 2. The molecule has 0 radical (unpaired) electrons. The molecule has 2 fully saturated rings. The predicted octanol–water partition coefficient (Wildman–Crippen LogP) is 4.15. The van der Waals surface area contributed by atoms with Gasteiger partial charge >= 0.3 is 0 Å². The summed E-state index contributed by atoms with van der Waals surface area (Å²) in [5.74, 6) is 3.15. The molecule has 1 heterocycles. The average Bonchev–Trinajstić information content (AvgIpc) is 2.79. The van der Waals surface area contributed by atoms with E-state index in [0.717, 1.165) is 42.9 Å². The van der Waals surface area contributed by atoms with Crippen LogP contribution in [0.1, 0.15) is 42.4 Å². The van der Waals surface area contributed by atoms with Crippen molar-refractivity contribution in [3.8, 4) is 17.2 Å². The van der Waals surface area contributed by atoms with E-state index in [1.807, 2.05) is 24.3 Å². The van der Waals surface area contributed by atoms with Crippen LogP contribution in [0.2, 0.25) is 0 Å². The SMILES string of the molecule is COc1cc(OCc2ccccc2)c2c(c1OC)[C@]13CCN(C)[C@H](C2)[C@@H]1CCC(=O)C3. The number of methoxy groups -OCH3 is 2. The van der Waals surface area contributed by atoms with Crippen molar-refractivity contribution < 1.29 is 19.0 Å². The van der Waals surface area contributed by atoms with E-state index < -0.39 is 0 Å². The summed E-state index contributed by atoms with van der Waals surface area (Å²) < 4.78 is 18.1. The van der Waals surface area contributed by atoms with Gasteiger partial charge in [-0.2, -0.15) is 0 Å². The number of ether oxygens (including phenoxy) is 3. The summed E-state index contributed by atoms with van der Waals surface area (Å²) in [7, 11) is 5.61. The summed E-state index contributed by atoms with van der Waals surface area (Å²) in [6.45, 7) is 1.49. The van der Waals surface area contributed by atoms with Crippen LogP contribution in [0.4, 0.5) is 0 Å². The Bertz CT molecular complexity index is 989. The van der Waals surface area contributed by atoms with Crippen molar-refractivity contribution in [2.24, 2.45) is 5.92 Å². The second kappa shape index (κ2) is 7.86. The quantitative estimate of drug-likeness (QED) is 0.726. The van der Waals surface area contributed by atoms with Crippen LogP contribution in [-0.4, -0.2) is 44.5 Å². The van der Waals surface area contributed by atoms with Gasteiger partial charge in [0.05, 0.1) is 14.2 Å². The lowest BCUT2D eigenvalue weighted by molar-refractivity contribution is -0.127. The second-order valence-electron chi connectivity index (χ2n) is 9.26. The number of ketones is 1. The van der Waals surface area contributed by atoms with Crippen molar-refractivity contribution in [1.82, 2.24) is 4.90 Å². The molecule has 5 rings (SSSR count). The number of rotatable bonds is 5. The molecular formula is C26H31NO4. The van der Waals surface area contributed by atoms with Gasteiger partial charge in [-0.1, -0.05) is 30.3 Å². The Kier molecular flexibility index (Phi) is 5.17. The molecule has 5 nitrogen and oxygen atoms in total. The summed E-state index contributed by atoms with van der Waals surface area (Å²) in [4.78, 5) is 15.2. The zero-order valence-corrected chi connectivity index (χ0v) is 18.6. The lowest BCUT2D eigenvalue weighted by atomic mass is 9.52. The number of Topliss-reactive ketones (excluding diaryl/α,β-unsaturated/α-hetero) is 1. The molecule has 0 N–H and O–H groups in total. The Labute approximate surface area is 184 Å². The van der Waals surface area contributed by atoms with Crippen LogP contribution in [0.5, 0.6) is 17.2 Å². The molecule has 2 aliphatic carbocycles. The minimum absolute atomic E-state index is 0.190. The van der Waals surface area contributed by atoms with Crippen LogP contribution in [0.3, 0.4) is 0 Å². The van der Waals surface area contributed by atoms with Gasteiger partial charge in [0, 0.05) is 41.5 Å². The third kappa shape index (κ3) is 3.21. The standard InChI is InChI=1S/C26H31NO4/c1-27-12-11-26-15-18(28)9-10-20(26)21(27)13-19-22(31-16-17-7-5-4-6-8-17)14-23(29-2)25(30-3)24(19)26/h4-8,14,20-21H,9-13,15-16H2,1-3H3/t20-,21+,26-/m0/s1. The van der Waals surface area contributed by atoms with Gasteiger partial charge in [-0.05, 0) is 44.3 Å². The fourth-order valence-electron chi connectivity index (χ4n) is 6.36. The Morgan fingerprint density at radius 2 is 1.94 bits per heavy atom. The maximum Gasteiger partial charge on any atom is 0.165 e. The van der Waals surface area contributed by atoms with E-state index in [2.05, 4.69) is 24.1 Å². The normalized spacial score (nSPS) is 27.3. The van der Waals surface area contributed by atoms with E-state index in [1.165, 1.54) is 11.1 Å². The molecule has 164 valence electrons. The molecule has 0 spiro atoms. The average molecular weight is 422 g/mol. The van der Waals surface area contributed by atoms with Gasteiger partial charge < -0.3 is 19.1 Å². The molecule has 3 aliphatic rings. The topological polar surface area (TPSA) is 48.0 Å². The van der Waals surface area contributed by atoms with Crippen LogP contribution in [-0.2, 0) is 23.2 Å². The number of piperidine rings is 1. The fraction of sp³-hybridized carbons (Fsp3) is 0.500. The third-order valence-electron chi connectivity index (χ3n) is 7.78. The Balaban J connectivity index is 1.66. The summed E-state index contributed by atoms with van der Waals surface area (Å²) in [6, 6.07) is 12.6. The second-order valence-corrected chi connectivity index (χ2v) is 9.26. The lowest BCUT2D eigenvalue weighted by Crippen LogP contribution is -2.61. The maximum atomic E-state index is 12.7. The summed E-state index contributed by atoms with van der Waals surface area (Å²) >= 11 is 0. The van der Waals surface area contributed by atoms with Gasteiger partial charge in [0.2, 0.25) is 0 Å². The first kappa shape index (κ1) is 20.4. The van der Waals surface area contributed by atoms with Crippen LogP contribution in [0.25, 0.3) is 0 Å². The summed E-state index contributed by atoms with van der Waals surface area (Å²) in [5.41, 5.74) is 3.30. The molecule has 3 atom stereocenters. The van der Waals surface area contributed by atoms with Crippen LogP contribution < -0.4 is 14.2 Å². The minimum atomic E-state index is -0.190. The van der Waals surface area contributed by atoms with Crippen molar-refractivity contribution in [3.05, 3.63) is 53.1 Å². The molecule has 2 bridgehead atoms. The highest BCUT2D eigenvalue weighted by molar-refractivity contribution is 5.82. The molecule has 31 heavy (non-hydrogen) atoms. The molecule has 0 amide bonds. The van der Waals surface area contributed by atoms with Crippen LogP contribution >= 0.6 is 0 Å². The van der Waals surface area contributed by atoms with E-state index in [1.54, 1.807) is 14.2 Å². The number of hydrogen-bond acceptors (Lipinski definition) is 5. The zero-order valence-electron chi connectivity index (χ0n) is 18.6. The molecule has 1 aliphatic heterocycles. The fourth-order valence-corrected chi connectivity index (χ4v) is 6.36. The van der Waals surface area contributed by atoms with E-state index in [0.29, 0.717) is 42.9 Å².